The molecule has 1 heteroatoms. The molecule has 0 saturated carbocycles. The van der Waals surface area contributed by atoms with Crippen LogP contribution in [0, 0.1) is 0 Å². The molecule has 1 nitrogen and oxygen atoms in total. The lowest BCUT2D eigenvalue weighted by molar-refractivity contribution is -0.115. The Morgan fingerprint density at radius 3 is 1.94 bits per heavy atom. The fourth-order valence-electron chi connectivity index (χ4n) is 2.16. The average molecular weight is 238 g/mol. The highest BCUT2D eigenvalue weighted by Gasteiger charge is 2.11. The molecule has 0 radical (unpaired) electrons. The first kappa shape index (κ1) is 16.4. The van der Waals surface area contributed by atoms with Crippen molar-refractivity contribution in [3.05, 3.63) is 11.1 Å². The highest BCUT2D eigenvalue weighted by molar-refractivity contribution is 5.95. The van der Waals surface area contributed by atoms with E-state index >= 15 is 0 Å². The van der Waals surface area contributed by atoms with E-state index in [1.54, 1.807) is 0 Å². The second-order valence-corrected chi connectivity index (χ2v) is 4.99. The summed E-state index contributed by atoms with van der Waals surface area (Å²) in [4.78, 5) is 12.2. The molecule has 0 rings (SSSR count). The summed E-state index contributed by atoms with van der Waals surface area (Å²) in [5, 5.41) is 0. The quantitative estimate of drug-likeness (QED) is 0.366. The summed E-state index contributed by atoms with van der Waals surface area (Å²) in [5.74, 6) is 0.415. The van der Waals surface area contributed by atoms with Gasteiger partial charge < -0.3 is 0 Å². The van der Waals surface area contributed by atoms with Gasteiger partial charge in [-0.1, -0.05) is 52.0 Å². The molecule has 0 amide bonds. The minimum absolute atomic E-state index is 0.415. The summed E-state index contributed by atoms with van der Waals surface area (Å²) in [5.41, 5.74) is 2.48. The van der Waals surface area contributed by atoms with E-state index in [0.717, 1.165) is 44.1 Å². The van der Waals surface area contributed by atoms with E-state index in [1.807, 2.05) is 0 Å². The Kier molecular flexibility index (Phi) is 10.2. The average Bonchev–Trinajstić information content (AvgIpc) is 2.30. The van der Waals surface area contributed by atoms with E-state index in [1.165, 1.54) is 24.8 Å². The molecule has 0 N–H and O–H groups in total. The Bertz CT molecular complexity index is 238. The van der Waals surface area contributed by atoms with Gasteiger partial charge in [0.2, 0.25) is 0 Å². The zero-order chi connectivity index (χ0) is 13.1. The number of hydrogen-bond donors (Lipinski definition) is 0. The monoisotopic (exact) mass is 238 g/mol. The van der Waals surface area contributed by atoms with Crippen molar-refractivity contribution in [2.45, 2.75) is 85.5 Å². The molecule has 0 aliphatic heterocycles. The third-order valence-electron chi connectivity index (χ3n) is 3.26. The van der Waals surface area contributed by atoms with Crippen LogP contribution in [0.5, 0.6) is 0 Å². The van der Waals surface area contributed by atoms with Crippen molar-refractivity contribution in [1.82, 2.24) is 0 Å². The summed E-state index contributed by atoms with van der Waals surface area (Å²) in [6.45, 7) is 8.70. The molecule has 0 heterocycles. The standard InChI is InChI=1S/C16H30O/c1-5-8-10-13-16(17)15(12-9-6-2)14(4)11-7-3/h5-13H2,1-4H3/b15-14+. The van der Waals surface area contributed by atoms with Crippen molar-refractivity contribution in [2.24, 2.45) is 0 Å². The smallest absolute Gasteiger partial charge is 0.158 e. The van der Waals surface area contributed by atoms with E-state index in [2.05, 4.69) is 27.7 Å². The molecule has 0 aliphatic rings. The SMILES string of the molecule is CCCCCC(=O)/C(CCCC)=C(\C)CCC. The van der Waals surface area contributed by atoms with Gasteiger partial charge in [0.25, 0.3) is 0 Å². The molecule has 0 aromatic heterocycles. The van der Waals surface area contributed by atoms with Crippen LogP contribution in [0.15, 0.2) is 11.1 Å². The number of Topliss-reactive ketones (excluding diaryl/α,β-unsaturated/α-hetero) is 1. The van der Waals surface area contributed by atoms with Crippen LogP contribution in [-0.2, 0) is 4.79 Å². The highest BCUT2D eigenvalue weighted by atomic mass is 16.1. The summed E-state index contributed by atoms with van der Waals surface area (Å²) < 4.78 is 0. The van der Waals surface area contributed by atoms with E-state index in [4.69, 9.17) is 0 Å². The normalized spacial score (nSPS) is 12.5. The lowest BCUT2D eigenvalue weighted by Crippen LogP contribution is -2.05. The van der Waals surface area contributed by atoms with Crippen LogP contribution >= 0.6 is 0 Å². The molecule has 0 aromatic rings. The first-order chi connectivity index (χ1) is 8.17. The maximum absolute atomic E-state index is 12.2. The zero-order valence-corrected chi connectivity index (χ0v) is 12.3. The van der Waals surface area contributed by atoms with E-state index in [9.17, 15) is 4.79 Å². The topological polar surface area (TPSA) is 17.1 Å². The molecule has 0 spiro atoms. The molecular formula is C16H30O. The molecule has 17 heavy (non-hydrogen) atoms. The van der Waals surface area contributed by atoms with Crippen molar-refractivity contribution in [3.8, 4) is 0 Å². The Balaban J connectivity index is 4.44. The number of ketones is 1. The van der Waals surface area contributed by atoms with Gasteiger partial charge in [-0.25, -0.2) is 0 Å². The third-order valence-corrected chi connectivity index (χ3v) is 3.26. The minimum atomic E-state index is 0.415. The minimum Gasteiger partial charge on any atom is -0.295 e. The summed E-state index contributed by atoms with van der Waals surface area (Å²) >= 11 is 0. The van der Waals surface area contributed by atoms with Crippen LogP contribution in [0.25, 0.3) is 0 Å². The number of rotatable bonds is 10. The van der Waals surface area contributed by atoms with Crippen LogP contribution in [0.3, 0.4) is 0 Å². The summed E-state index contributed by atoms with van der Waals surface area (Å²) in [7, 11) is 0. The summed E-state index contributed by atoms with van der Waals surface area (Å²) in [6, 6.07) is 0. The molecule has 100 valence electrons. The van der Waals surface area contributed by atoms with Crippen LogP contribution < -0.4 is 0 Å². The summed E-state index contributed by atoms with van der Waals surface area (Å²) in [6.07, 6.45) is 9.73. The second-order valence-electron chi connectivity index (χ2n) is 4.99. The van der Waals surface area contributed by atoms with Crippen LogP contribution in [0.1, 0.15) is 85.5 Å². The Morgan fingerprint density at radius 2 is 1.41 bits per heavy atom. The first-order valence-electron chi connectivity index (χ1n) is 7.39. The van der Waals surface area contributed by atoms with Gasteiger partial charge in [-0.2, -0.15) is 0 Å². The fraction of sp³-hybridized carbons (Fsp3) is 0.812. The Labute approximate surface area is 108 Å². The van der Waals surface area contributed by atoms with Crippen molar-refractivity contribution in [2.75, 3.05) is 0 Å². The van der Waals surface area contributed by atoms with Crippen molar-refractivity contribution in [3.63, 3.8) is 0 Å². The molecule has 0 atom stereocenters. The van der Waals surface area contributed by atoms with Crippen molar-refractivity contribution < 1.29 is 4.79 Å². The van der Waals surface area contributed by atoms with Crippen LogP contribution in [0.4, 0.5) is 0 Å². The highest BCUT2D eigenvalue weighted by Crippen LogP contribution is 2.20. The third kappa shape index (κ3) is 7.36. The van der Waals surface area contributed by atoms with Crippen LogP contribution in [-0.4, -0.2) is 5.78 Å². The number of hydrogen-bond acceptors (Lipinski definition) is 1. The van der Waals surface area contributed by atoms with Gasteiger partial charge >= 0.3 is 0 Å². The van der Waals surface area contributed by atoms with Gasteiger partial charge in [0.15, 0.2) is 5.78 Å². The van der Waals surface area contributed by atoms with Crippen LogP contribution in [0.2, 0.25) is 0 Å². The van der Waals surface area contributed by atoms with E-state index < -0.39 is 0 Å². The molecule has 0 bridgehead atoms. The molecule has 0 fully saturated rings. The fourth-order valence-corrected chi connectivity index (χ4v) is 2.16. The first-order valence-corrected chi connectivity index (χ1v) is 7.39. The van der Waals surface area contributed by atoms with E-state index in [-0.39, 0.29) is 0 Å². The number of carbonyl (C=O) groups excluding carboxylic acids is 1. The lowest BCUT2D eigenvalue weighted by atomic mass is 9.94. The van der Waals surface area contributed by atoms with Gasteiger partial charge in [-0.05, 0) is 38.2 Å². The molecule has 0 aliphatic carbocycles. The van der Waals surface area contributed by atoms with Gasteiger partial charge in [0, 0.05) is 6.42 Å². The maximum Gasteiger partial charge on any atom is 0.158 e. The predicted octanol–water partition coefficient (Wildman–Crippen LogP) is 5.44. The lowest BCUT2D eigenvalue weighted by Gasteiger charge is -2.11. The number of unbranched alkanes of at least 4 members (excludes halogenated alkanes) is 3. The Morgan fingerprint density at radius 1 is 0.765 bits per heavy atom. The molecular weight excluding hydrogens is 208 g/mol. The van der Waals surface area contributed by atoms with Gasteiger partial charge in [-0.3, -0.25) is 4.79 Å². The molecule has 0 unspecified atom stereocenters. The van der Waals surface area contributed by atoms with Gasteiger partial charge in [0.05, 0.1) is 0 Å². The predicted molar refractivity (Wildman–Crippen MR) is 76.3 cm³/mol. The molecule has 0 aromatic carbocycles. The number of allylic oxidation sites excluding steroid dienone is 2. The Hall–Kier alpha value is -0.590. The van der Waals surface area contributed by atoms with Gasteiger partial charge in [0.1, 0.15) is 0 Å². The molecule has 0 saturated heterocycles. The van der Waals surface area contributed by atoms with Gasteiger partial charge in [-0.15, -0.1) is 0 Å². The van der Waals surface area contributed by atoms with Crippen molar-refractivity contribution in [1.29, 1.82) is 0 Å². The number of carbonyl (C=O) groups is 1. The van der Waals surface area contributed by atoms with Crippen molar-refractivity contribution >= 4 is 5.78 Å². The largest absolute Gasteiger partial charge is 0.295 e. The second kappa shape index (κ2) is 10.6. The van der Waals surface area contributed by atoms with E-state index in [0.29, 0.717) is 5.78 Å². The zero-order valence-electron chi connectivity index (χ0n) is 12.3. The maximum atomic E-state index is 12.2.